The van der Waals surface area contributed by atoms with Crippen molar-refractivity contribution in [3.8, 4) is 5.75 Å². The number of rotatable bonds is 5. The van der Waals surface area contributed by atoms with E-state index in [2.05, 4.69) is 4.90 Å². The van der Waals surface area contributed by atoms with Gasteiger partial charge in [-0.1, -0.05) is 6.42 Å². The Morgan fingerprint density at radius 3 is 2.39 bits per heavy atom. The molecule has 0 saturated carbocycles. The fraction of sp³-hybridized carbons (Fsp3) is 0.682. The van der Waals surface area contributed by atoms with E-state index in [0.29, 0.717) is 44.7 Å². The zero-order valence-corrected chi connectivity index (χ0v) is 20.9. The Bertz CT molecular complexity index is 1100. The molecule has 0 aromatic heterocycles. The molecule has 11 heteroatoms. The van der Waals surface area contributed by atoms with Crippen molar-refractivity contribution < 1.29 is 26.4 Å². The predicted molar refractivity (Wildman–Crippen MR) is 125 cm³/mol. The summed E-state index contributed by atoms with van der Waals surface area (Å²) in [6.45, 7) is 4.55. The summed E-state index contributed by atoms with van der Waals surface area (Å²) >= 11 is 0. The number of hydrogen-bond acceptors (Lipinski definition) is 7. The zero-order chi connectivity index (χ0) is 23.8. The summed E-state index contributed by atoms with van der Waals surface area (Å²) < 4.78 is 57.3. The van der Waals surface area contributed by atoms with Crippen LogP contribution in [0.2, 0.25) is 0 Å². The van der Waals surface area contributed by atoms with Gasteiger partial charge in [0.15, 0.2) is 9.84 Å². The molecular weight excluding hydrogens is 466 g/mol. The summed E-state index contributed by atoms with van der Waals surface area (Å²) in [5, 5.41) is 0. The Kier molecular flexibility index (Phi) is 7.05. The quantitative estimate of drug-likeness (QED) is 0.600. The molecule has 1 amide bonds. The molecule has 9 nitrogen and oxygen atoms in total. The molecule has 3 heterocycles. The largest absolute Gasteiger partial charge is 0.495 e. The molecule has 33 heavy (non-hydrogen) atoms. The van der Waals surface area contributed by atoms with Gasteiger partial charge in [-0.15, -0.1) is 0 Å². The Hall–Kier alpha value is -1.69. The van der Waals surface area contributed by atoms with Gasteiger partial charge in [0.2, 0.25) is 10.0 Å². The highest BCUT2D eigenvalue weighted by Crippen LogP contribution is 2.32. The van der Waals surface area contributed by atoms with Crippen LogP contribution >= 0.6 is 0 Å². The highest BCUT2D eigenvalue weighted by atomic mass is 32.2. The van der Waals surface area contributed by atoms with Gasteiger partial charge in [0.1, 0.15) is 10.6 Å². The number of nitrogens with zero attached hydrogens (tertiary/aromatic N) is 3. The maximum Gasteiger partial charge on any atom is 0.253 e. The van der Waals surface area contributed by atoms with Crippen LogP contribution in [0.1, 0.15) is 43.0 Å². The number of carbonyl (C=O) groups excluding carboxylic acids is 1. The van der Waals surface area contributed by atoms with E-state index in [9.17, 15) is 21.6 Å². The average molecular weight is 500 g/mol. The van der Waals surface area contributed by atoms with Gasteiger partial charge in [0.05, 0.1) is 18.6 Å². The smallest absolute Gasteiger partial charge is 0.253 e. The van der Waals surface area contributed by atoms with Crippen LogP contribution in [0.4, 0.5) is 0 Å². The van der Waals surface area contributed by atoms with Gasteiger partial charge >= 0.3 is 0 Å². The number of ether oxygens (including phenoxy) is 1. The Morgan fingerprint density at radius 1 is 1.06 bits per heavy atom. The summed E-state index contributed by atoms with van der Waals surface area (Å²) in [5.74, 6) is 0.432. The van der Waals surface area contributed by atoms with Crippen molar-refractivity contribution in [2.24, 2.45) is 0 Å². The summed E-state index contributed by atoms with van der Waals surface area (Å²) in [7, 11) is -5.32. The molecule has 0 aliphatic carbocycles. The van der Waals surface area contributed by atoms with E-state index in [0.717, 1.165) is 19.3 Å². The third-order valence-electron chi connectivity index (χ3n) is 7.07. The molecule has 2 atom stereocenters. The topological polar surface area (TPSA) is 104 Å². The number of piperazine rings is 1. The maximum absolute atomic E-state index is 13.4. The lowest BCUT2D eigenvalue weighted by Crippen LogP contribution is -2.52. The fourth-order valence-electron chi connectivity index (χ4n) is 5.10. The number of sulfone groups is 1. The minimum atomic E-state index is -3.80. The van der Waals surface area contributed by atoms with Crippen LogP contribution in [0, 0.1) is 0 Å². The lowest BCUT2D eigenvalue weighted by atomic mass is 10.1. The van der Waals surface area contributed by atoms with Crippen LogP contribution in [-0.2, 0) is 19.9 Å². The molecule has 0 unspecified atom stereocenters. The molecule has 3 fully saturated rings. The number of carbonyl (C=O) groups is 1. The molecule has 0 bridgehead atoms. The van der Waals surface area contributed by atoms with Gasteiger partial charge in [-0.05, 0) is 44.4 Å². The van der Waals surface area contributed by atoms with Crippen molar-refractivity contribution in [1.82, 2.24) is 14.1 Å². The number of amides is 1. The van der Waals surface area contributed by atoms with E-state index < -0.39 is 19.9 Å². The van der Waals surface area contributed by atoms with E-state index in [-0.39, 0.29) is 40.1 Å². The number of methoxy groups -OCH3 is 1. The van der Waals surface area contributed by atoms with Gasteiger partial charge in [0.25, 0.3) is 5.91 Å². The molecule has 3 aliphatic rings. The molecular formula is C22H33N3O6S2. The highest BCUT2D eigenvalue weighted by Gasteiger charge is 2.36. The Balaban J connectivity index is 1.50. The Labute approximate surface area is 196 Å². The van der Waals surface area contributed by atoms with Crippen LogP contribution in [0.5, 0.6) is 5.75 Å². The van der Waals surface area contributed by atoms with E-state index >= 15 is 0 Å². The molecule has 4 rings (SSSR count). The molecule has 0 radical (unpaired) electrons. The van der Waals surface area contributed by atoms with E-state index in [1.807, 2.05) is 6.92 Å². The first kappa shape index (κ1) is 24.4. The van der Waals surface area contributed by atoms with E-state index in [1.54, 1.807) is 17.0 Å². The number of hydrogen-bond donors (Lipinski definition) is 0. The second-order valence-electron chi connectivity index (χ2n) is 9.21. The van der Waals surface area contributed by atoms with Crippen molar-refractivity contribution >= 4 is 25.8 Å². The molecule has 3 saturated heterocycles. The van der Waals surface area contributed by atoms with Gasteiger partial charge in [-0.2, -0.15) is 4.31 Å². The normalized spacial score (nSPS) is 26.9. The summed E-state index contributed by atoms with van der Waals surface area (Å²) in [6.07, 6.45) is 3.27. The molecule has 184 valence electrons. The van der Waals surface area contributed by atoms with Crippen molar-refractivity contribution in [3.05, 3.63) is 23.8 Å². The summed E-state index contributed by atoms with van der Waals surface area (Å²) in [4.78, 5) is 17.1. The minimum Gasteiger partial charge on any atom is -0.495 e. The molecule has 0 spiro atoms. The van der Waals surface area contributed by atoms with Crippen LogP contribution < -0.4 is 4.74 Å². The van der Waals surface area contributed by atoms with E-state index in [4.69, 9.17) is 4.74 Å². The van der Waals surface area contributed by atoms with Gasteiger partial charge in [-0.25, -0.2) is 16.8 Å². The third kappa shape index (κ3) is 5.06. The number of piperidine rings is 1. The number of benzene rings is 1. The van der Waals surface area contributed by atoms with Gasteiger partial charge < -0.3 is 9.64 Å². The second-order valence-corrected chi connectivity index (χ2v) is 13.3. The van der Waals surface area contributed by atoms with Gasteiger partial charge in [-0.3, -0.25) is 9.69 Å². The van der Waals surface area contributed by atoms with Crippen molar-refractivity contribution in [2.45, 2.75) is 49.6 Å². The monoisotopic (exact) mass is 499 g/mol. The van der Waals surface area contributed by atoms with E-state index in [1.165, 1.54) is 17.5 Å². The minimum absolute atomic E-state index is 0.0246. The first-order chi connectivity index (χ1) is 15.6. The van der Waals surface area contributed by atoms with Crippen LogP contribution in [0.3, 0.4) is 0 Å². The number of sulfonamides is 1. The fourth-order valence-corrected chi connectivity index (χ4v) is 8.75. The maximum atomic E-state index is 13.4. The molecule has 1 aromatic carbocycles. The second kappa shape index (κ2) is 9.52. The average Bonchev–Trinajstić information content (AvgIpc) is 3.18. The molecule has 3 aliphatic heterocycles. The van der Waals surface area contributed by atoms with Crippen molar-refractivity contribution in [3.63, 3.8) is 0 Å². The van der Waals surface area contributed by atoms with Crippen LogP contribution in [0.15, 0.2) is 23.1 Å². The lowest BCUT2D eigenvalue weighted by Gasteiger charge is -2.37. The third-order valence-corrected chi connectivity index (χ3v) is 10.9. The predicted octanol–water partition coefficient (Wildman–Crippen LogP) is 1.20. The van der Waals surface area contributed by atoms with Crippen LogP contribution in [0.25, 0.3) is 0 Å². The standard InChI is InChI=1S/C22H33N3O6S2/c1-17-5-3-4-9-25(17)33(29,30)21-15-18(6-7-20(21)31-2)22(26)24-12-10-23(11-13-24)19-8-14-32(27,28)16-19/h6-7,15,17,19H,3-5,8-14,16H2,1-2H3/t17-,19+/m0/s1. The lowest BCUT2D eigenvalue weighted by molar-refractivity contribution is 0.0587. The van der Waals surface area contributed by atoms with Crippen LogP contribution in [-0.4, -0.2) is 100 Å². The first-order valence-electron chi connectivity index (χ1n) is 11.6. The zero-order valence-electron chi connectivity index (χ0n) is 19.3. The molecule has 1 aromatic rings. The van der Waals surface area contributed by atoms with Gasteiger partial charge in [0, 0.05) is 50.4 Å². The molecule has 0 N–H and O–H groups in total. The van der Waals surface area contributed by atoms with Crippen molar-refractivity contribution in [1.29, 1.82) is 0 Å². The SMILES string of the molecule is COc1ccc(C(=O)N2CCN([C@@H]3CCS(=O)(=O)C3)CC2)cc1S(=O)(=O)N1CCCC[C@@H]1C. The highest BCUT2D eigenvalue weighted by molar-refractivity contribution is 7.91. The Morgan fingerprint density at radius 2 is 1.79 bits per heavy atom. The summed E-state index contributed by atoms with van der Waals surface area (Å²) in [5.41, 5.74) is 0.316. The van der Waals surface area contributed by atoms with Crippen molar-refractivity contribution in [2.75, 3.05) is 51.3 Å². The summed E-state index contributed by atoms with van der Waals surface area (Å²) in [6, 6.07) is 4.52. The first-order valence-corrected chi connectivity index (χ1v) is 14.8.